The number of carbonyl (C=O) groups excluding carboxylic acids is 1. The number of hydrogen-bond acceptors (Lipinski definition) is 2. The number of allylic oxidation sites excluding steroid dienone is 6. The Morgan fingerprint density at radius 3 is 2.18 bits per heavy atom. The van der Waals surface area contributed by atoms with Crippen LogP contribution in [-0.4, -0.2) is 11.4 Å². The second-order valence-electron chi connectivity index (χ2n) is 8.35. The summed E-state index contributed by atoms with van der Waals surface area (Å²) in [4.78, 5) is 14.9. The van der Waals surface area contributed by atoms with E-state index in [0.717, 1.165) is 23.4 Å². The Hall–Kier alpha value is -2.55. The molecule has 0 aliphatic carbocycles. The number of benzene rings is 1. The number of hydrogen-bond donors (Lipinski definition) is 1. The van der Waals surface area contributed by atoms with E-state index in [4.69, 9.17) is 0 Å². The van der Waals surface area contributed by atoms with E-state index in [1.807, 2.05) is 63.9 Å². The first-order valence-electron chi connectivity index (χ1n) is 9.88. The summed E-state index contributed by atoms with van der Waals surface area (Å²) in [6.07, 6.45) is 9.07. The lowest BCUT2D eigenvalue weighted by Gasteiger charge is -2.24. The van der Waals surface area contributed by atoms with Gasteiger partial charge >= 0.3 is 0 Å². The van der Waals surface area contributed by atoms with Crippen LogP contribution in [0.5, 0.6) is 0 Å². The lowest BCUT2D eigenvalue weighted by atomic mass is 9.98. The van der Waals surface area contributed by atoms with Crippen molar-refractivity contribution in [3.8, 4) is 0 Å². The average Bonchev–Trinajstić information content (AvgIpc) is 2.58. The molecule has 152 valence electrons. The highest BCUT2D eigenvalue weighted by Gasteiger charge is 2.18. The molecule has 0 aromatic heterocycles. The second kappa shape index (κ2) is 10.1. The fourth-order valence-corrected chi connectivity index (χ4v) is 2.75. The summed E-state index contributed by atoms with van der Waals surface area (Å²) in [5.41, 5.74) is 5.65. The molecule has 28 heavy (non-hydrogen) atoms. The monoisotopic (exact) mass is 380 g/mol. The maximum absolute atomic E-state index is 12.9. The van der Waals surface area contributed by atoms with Gasteiger partial charge in [0.05, 0.1) is 0 Å². The van der Waals surface area contributed by atoms with Crippen LogP contribution in [0.25, 0.3) is 5.57 Å². The third-order valence-electron chi connectivity index (χ3n) is 4.03. The van der Waals surface area contributed by atoms with Gasteiger partial charge in [0, 0.05) is 28.7 Å². The van der Waals surface area contributed by atoms with Crippen LogP contribution >= 0.6 is 0 Å². The van der Waals surface area contributed by atoms with Gasteiger partial charge in [0.1, 0.15) is 0 Å². The normalized spacial score (nSPS) is 12.1. The number of nitrogens with zero attached hydrogens (tertiary/aromatic N) is 1. The molecule has 0 heterocycles. The Labute approximate surface area is 171 Å². The van der Waals surface area contributed by atoms with E-state index in [0.29, 0.717) is 5.56 Å². The van der Waals surface area contributed by atoms with Gasteiger partial charge in [0.15, 0.2) is 0 Å². The Kier molecular flexibility index (Phi) is 8.49. The zero-order valence-electron chi connectivity index (χ0n) is 18.8. The van der Waals surface area contributed by atoms with Crippen LogP contribution in [0.3, 0.4) is 0 Å². The summed E-state index contributed by atoms with van der Waals surface area (Å²) < 4.78 is 0. The van der Waals surface area contributed by atoms with E-state index in [1.165, 1.54) is 11.1 Å². The zero-order chi connectivity index (χ0) is 21.5. The minimum atomic E-state index is -0.296. The Morgan fingerprint density at radius 1 is 1.11 bits per heavy atom. The smallest absolute Gasteiger partial charge is 0.251 e. The predicted octanol–water partition coefficient (Wildman–Crippen LogP) is 6.85. The van der Waals surface area contributed by atoms with E-state index in [1.54, 1.807) is 0 Å². The van der Waals surface area contributed by atoms with E-state index in [9.17, 15) is 4.79 Å². The molecule has 0 spiro atoms. The highest BCUT2D eigenvalue weighted by molar-refractivity contribution is 5.97. The van der Waals surface area contributed by atoms with E-state index in [2.05, 4.69) is 50.9 Å². The minimum Gasteiger partial charge on any atom is -0.347 e. The van der Waals surface area contributed by atoms with Crippen LogP contribution in [0.2, 0.25) is 0 Å². The van der Waals surface area contributed by atoms with Crippen LogP contribution in [0.4, 0.5) is 5.69 Å². The molecule has 0 aliphatic heterocycles. The van der Waals surface area contributed by atoms with Crippen LogP contribution in [0.1, 0.15) is 77.7 Å². The van der Waals surface area contributed by atoms with Crippen LogP contribution in [-0.2, 0) is 0 Å². The van der Waals surface area contributed by atoms with E-state index >= 15 is 0 Å². The van der Waals surface area contributed by atoms with Gasteiger partial charge in [0.25, 0.3) is 5.91 Å². The lowest BCUT2D eigenvalue weighted by Crippen LogP contribution is -2.40. The van der Waals surface area contributed by atoms with Crippen molar-refractivity contribution in [3.63, 3.8) is 0 Å². The number of anilines is 1. The molecule has 0 radical (unpaired) electrons. The van der Waals surface area contributed by atoms with Gasteiger partial charge in [-0.1, -0.05) is 37.3 Å². The molecule has 0 saturated heterocycles. The fourth-order valence-electron chi connectivity index (χ4n) is 2.75. The van der Waals surface area contributed by atoms with E-state index < -0.39 is 0 Å². The number of carbonyl (C=O) groups is 1. The summed E-state index contributed by atoms with van der Waals surface area (Å²) in [6, 6.07) is 6.02. The Bertz CT molecular complexity index is 800. The summed E-state index contributed by atoms with van der Waals surface area (Å²) in [5.74, 6) is -0.0737. The van der Waals surface area contributed by atoms with Gasteiger partial charge in [0.2, 0.25) is 0 Å². The Balaban J connectivity index is 3.62. The van der Waals surface area contributed by atoms with Gasteiger partial charge in [-0.2, -0.15) is 0 Å². The summed E-state index contributed by atoms with van der Waals surface area (Å²) >= 11 is 0. The first kappa shape index (κ1) is 23.5. The third kappa shape index (κ3) is 7.22. The standard InChI is InChI=1S/C25H36N2O/c1-10-14-27(19(5)6)23-16-21(20(11-2)13-12-18(3)4)15-22(17-23)24(28)26-25(7,8)9/h10,12-17H,5,11H2,1-4,6-9H3,(H,26,28)/b14-10-,20-13+. The molecule has 0 atom stereocenters. The molecule has 0 unspecified atom stereocenters. The molecular formula is C25H36N2O. The van der Waals surface area contributed by atoms with Crippen molar-refractivity contribution >= 4 is 17.2 Å². The SMILES string of the molecule is C=C(C)N(/C=C\C)c1cc(C(=O)NC(C)(C)C)cc(/C(=C/C=C(C)C)CC)c1. The molecule has 3 heteroatoms. The molecule has 0 bridgehead atoms. The summed E-state index contributed by atoms with van der Waals surface area (Å²) in [7, 11) is 0. The van der Waals surface area contributed by atoms with Crippen molar-refractivity contribution in [1.29, 1.82) is 0 Å². The quantitative estimate of drug-likeness (QED) is 0.525. The first-order valence-corrected chi connectivity index (χ1v) is 9.88. The molecule has 1 N–H and O–H groups in total. The molecule has 3 nitrogen and oxygen atoms in total. The molecule has 0 fully saturated rings. The second-order valence-corrected chi connectivity index (χ2v) is 8.35. The molecule has 1 aromatic carbocycles. The van der Waals surface area contributed by atoms with Crippen molar-refractivity contribution in [1.82, 2.24) is 5.32 Å². The van der Waals surface area contributed by atoms with Crippen LogP contribution in [0.15, 0.2) is 60.5 Å². The fraction of sp³-hybridized carbons (Fsp3) is 0.400. The third-order valence-corrected chi connectivity index (χ3v) is 4.03. The number of nitrogens with one attached hydrogen (secondary N) is 1. The van der Waals surface area contributed by atoms with Crippen molar-refractivity contribution in [2.24, 2.45) is 0 Å². The molecule has 0 aliphatic rings. The minimum absolute atomic E-state index is 0.0737. The molecule has 1 rings (SSSR count). The highest BCUT2D eigenvalue weighted by Crippen LogP contribution is 2.28. The van der Waals surface area contributed by atoms with Crippen molar-refractivity contribution in [2.45, 2.75) is 67.3 Å². The maximum atomic E-state index is 12.9. The largest absolute Gasteiger partial charge is 0.347 e. The topological polar surface area (TPSA) is 32.3 Å². The molecule has 0 saturated carbocycles. The molecule has 1 amide bonds. The number of rotatable bonds is 7. The average molecular weight is 381 g/mol. The lowest BCUT2D eigenvalue weighted by molar-refractivity contribution is 0.0919. The van der Waals surface area contributed by atoms with Crippen molar-refractivity contribution < 1.29 is 4.79 Å². The van der Waals surface area contributed by atoms with Crippen molar-refractivity contribution in [3.05, 3.63) is 71.6 Å². The van der Waals surface area contributed by atoms with Gasteiger partial charge in [-0.3, -0.25) is 4.79 Å². The molecular weight excluding hydrogens is 344 g/mol. The van der Waals surface area contributed by atoms with E-state index in [-0.39, 0.29) is 11.4 Å². The highest BCUT2D eigenvalue weighted by atomic mass is 16.1. The van der Waals surface area contributed by atoms with Crippen LogP contribution in [0, 0.1) is 0 Å². The van der Waals surface area contributed by atoms with Crippen molar-refractivity contribution in [2.75, 3.05) is 4.90 Å². The molecule has 1 aromatic rings. The zero-order valence-corrected chi connectivity index (χ0v) is 18.8. The Morgan fingerprint density at radius 2 is 1.71 bits per heavy atom. The van der Waals surface area contributed by atoms with Gasteiger partial charge in [-0.15, -0.1) is 0 Å². The summed E-state index contributed by atoms with van der Waals surface area (Å²) in [5, 5.41) is 3.07. The van der Waals surface area contributed by atoms with Gasteiger partial charge in [-0.05, 0) is 84.2 Å². The first-order chi connectivity index (χ1) is 13.0. The van der Waals surface area contributed by atoms with Gasteiger partial charge in [-0.25, -0.2) is 0 Å². The number of amides is 1. The van der Waals surface area contributed by atoms with Gasteiger partial charge < -0.3 is 10.2 Å². The predicted molar refractivity (Wildman–Crippen MR) is 123 cm³/mol. The summed E-state index contributed by atoms with van der Waals surface area (Å²) in [6.45, 7) is 20.3. The maximum Gasteiger partial charge on any atom is 0.251 e. The van der Waals surface area contributed by atoms with Crippen LogP contribution < -0.4 is 10.2 Å².